The number of aromatic amines is 1. The van der Waals surface area contributed by atoms with Crippen LogP contribution in [0.5, 0.6) is 0 Å². The maximum Gasteiger partial charge on any atom is 0.220 e. The lowest BCUT2D eigenvalue weighted by Crippen LogP contribution is -2.41. The van der Waals surface area contributed by atoms with Crippen molar-refractivity contribution in [2.75, 3.05) is 24.5 Å². The van der Waals surface area contributed by atoms with Crippen LogP contribution >= 0.6 is 0 Å². The largest absolute Gasteiger partial charge is 0.356 e. The van der Waals surface area contributed by atoms with Crippen LogP contribution in [0.15, 0.2) is 18.6 Å². The van der Waals surface area contributed by atoms with Crippen LogP contribution in [0.1, 0.15) is 19.3 Å². The predicted octanol–water partition coefficient (Wildman–Crippen LogP) is 1.06. The van der Waals surface area contributed by atoms with Gasteiger partial charge in [0.1, 0.15) is 17.8 Å². The van der Waals surface area contributed by atoms with Gasteiger partial charge in [-0.2, -0.15) is 0 Å². The van der Waals surface area contributed by atoms with Crippen molar-refractivity contribution in [3.8, 4) is 0 Å². The average molecular weight is 271 g/mol. The van der Waals surface area contributed by atoms with E-state index in [4.69, 9.17) is 0 Å². The number of nitrogens with one attached hydrogen (secondary N) is 2. The molecule has 6 heteroatoms. The van der Waals surface area contributed by atoms with Gasteiger partial charge in [-0.05, 0) is 24.3 Å². The Hall–Kier alpha value is -2.11. The zero-order valence-corrected chi connectivity index (χ0v) is 11.2. The number of amides is 1. The number of hydrogen-bond donors (Lipinski definition) is 2. The van der Waals surface area contributed by atoms with Gasteiger partial charge in [0.2, 0.25) is 5.91 Å². The number of anilines is 1. The number of carbonyl (C=O) groups excluding carboxylic acids is 1. The highest BCUT2D eigenvalue weighted by Gasteiger charge is 2.41. The number of hydrogen-bond acceptors (Lipinski definition) is 4. The second-order valence-corrected chi connectivity index (χ2v) is 5.88. The fourth-order valence-electron chi connectivity index (χ4n) is 3.41. The van der Waals surface area contributed by atoms with Crippen LogP contribution in [0.4, 0.5) is 5.82 Å². The first-order valence-corrected chi connectivity index (χ1v) is 7.06. The van der Waals surface area contributed by atoms with Crippen LogP contribution in [0, 0.1) is 5.41 Å². The third-order valence-corrected chi connectivity index (χ3v) is 4.65. The predicted molar refractivity (Wildman–Crippen MR) is 75.4 cm³/mol. The molecule has 4 rings (SSSR count). The molecule has 2 aliphatic heterocycles. The van der Waals surface area contributed by atoms with Gasteiger partial charge in [-0.3, -0.25) is 4.79 Å². The number of nitrogens with zero attached hydrogens (tertiary/aromatic N) is 3. The van der Waals surface area contributed by atoms with E-state index in [-0.39, 0.29) is 11.3 Å². The fraction of sp³-hybridized carbons (Fsp3) is 0.500. The molecule has 2 fully saturated rings. The summed E-state index contributed by atoms with van der Waals surface area (Å²) in [5.41, 5.74) is 1.06. The van der Waals surface area contributed by atoms with E-state index in [1.807, 2.05) is 12.3 Å². The molecule has 0 aromatic carbocycles. The smallest absolute Gasteiger partial charge is 0.220 e. The Balaban J connectivity index is 1.57. The summed E-state index contributed by atoms with van der Waals surface area (Å²) in [6, 6.07) is 2.02. The van der Waals surface area contributed by atoms with Crippen molar-refractivity contribution in [1.29, 1.82) is 0 Å². The second kappa shape index (κ2) is 4.19. The normalized spacial score (nSPS) is 21.6. The Bertz CT molecular complexity index is 656. The number of piperidine rings is 1. The summed E-state index contributed by atoms with van der Waals surface area (Å²) >= 11 is 0. The Morgan fingerprint density at radius 3 is 2.85 bits per heavy atom. The van der Waals surface area contributed by atoms with Crippen molar-refractivity contribution >= 4 is 22.8 Å². The van der Waals surface area contributed by atoms with E-state index in [9.17, 15) is 4.79 Å². The Morgan fingerprint density at radius 2 is 2.10 bits per heavy atom. The molecule has 4 heterocycles. The van der Waals surface area contributed by atoms with E-state index in [2.05, 4.69) is 25.2 Å². The van der Waals surface area contributed by atoms with E-state index in [1.54, 1.807) is 6.33 Å². The number of fused-ring (bicyclic) bond motifs is 1. The van der Waals surface area contributed by atoms with Crippen LogP contribution in [0.25, 0.3) is 11.0 Å². The summed E-state index contributed by atoms with van der Waals surface area (Å²) < 4.78 is 0. The molecule has 2 saturated heterocycles. The van der Waals surface area contributed by atoms with Crippen molar-refractivity contribution in [1.82, 2.24) is 20.3 Å². The molecule has 0 atom stereocenters. The molecule has 20 heavy (non-hydrogen) atoms. The Kier molecular flexibility index (Phi) is 2.45. The molecule has 1 spiro atoms. The monoisotopic (exact) mass is 271 g/mol. The molecule has 6 nitrogen and oxygen atoms in total. The van der Waals surface area contributed by atoms with Crippen molar-refractivity contribution in [3.05, 3.63) is 18.6 Å². The first-order chi connectivity index (χ1) is 9.76. The van der Waals surface area contributed by atoms with E-state index in [0.717, 1.165) is 49.3 Å². The number of rotatable bonds is 1. The van der Waals surface area contributed by atoms with Gasteiger partial charge in [0.05, 0.1) is 5.39 Å². The minimum atomic E-state index is 0.178. The van der Waals surface area contributed by atoms with Gasteiger partial charge in [-0.25, -0.2) is 9.97 Å². The van der Waals surface area contributed by atoms with Crippen LogP contribution in [-0.2, 0) is 4.79 Å². The van der Waals surface area contributed by atoms with Gasteiger partial charge >= 0.3 is 0 Å². The van der Waals surface area contributed by atoms with Gasteiger partial charge in [0.25, 0.3) is 0 Å². The highest BCUT2D eigenvalue weighted by atomic mass is 16.1. The van der Waals surface area contributed by atoms with Crippen molar-refractivity contribution < 1.29 is 4.79 Å². The lowest BCUT2D eigenvalue weighted by molar-refractivity contribution is -0.119. The van der Waals surface area contributed by atoms with Gasteiger partial charge < -0.3 is 15.2 Å². The molecule has 0 radical (unpaired) electrons. The highest BCUT2D eigenvalue weighted by molar-refractivity contribution is 5.87. The van der Waals surface area contributed by atoms with Crippen LogP contribution in [0.2, 0.25) is 0 Å². The summed E-state index contributed by atoms with van der Waals surface area (Å²) in [5, 5.41) is 4.05. The average Bonchev–Trinajstić information content (AvgIpc) is 3.07. The molecule has 2 aliphatic rings. The van der Waals surface area contributed by atoms with Crippen molar-refractivity contribution in [3.63, 3.8) is 0 Å². The van der Waals surface area contributed by atoms with E-state index in [0.29, 0.717) is 6.42 Å². The number of H-pyrrole nitrogens is 1. The maximum atomic E-state index is 11.5. The third kappa shape index (κ3) is 1.75. The molecule has 0 unspecified atom stereocenters. The molecule has 2 aromatic rings. The molecule has 1 amide bonds. The quantitative estimate of drug-likeness (QED) is 0.813. The molecule has 0 aliphatic carbocycles. The topological polar surface area (TPSA) is 73.9 Å². The maximum absolute atomic E-state index is 11.5. The summed E-state index contributed by atoms with van der Waals surface area (Å²) in [5.74, 6) is 1.21. The van der Waals surface area contributed by atoms with Gasteiger partial charge in [0, 0.05) is 32.3 Å². The summed E-state index contributed by atoms with van der Waals surface area (Å²) in [6.45, 7) is 2.74. The summed E-state index contributed by atoms with van der Waals surface area (Å²) in [7, 11) is 0. The molecule has 0 saturated carbocycles. The third-order valence-electron chi connectivity index (χ3n) is 4.65. The minimum Gasteiger partial charge on any atom is -0.356 e. The van der Waals surface area contributed by atoms with Crippen LogP contribution in [-0.4, -0.2) is 40.5 Å². The molecular weight excluding hydrogens is 254 g/mol. The minimum absolute atomic E-state index is 0.178. The zero-order valence-electron chi connectivity index (χ0n) is 11.2. The standard InChI is InChI=1S/C14H17N5O/c20-11-7-14(8-16-11)2-5-19(6-3-14)13-10-1-4-15-12(10)17-9-18-13/h1,4,9H,2-3,5-8H2,(H,16,20)(H,15,17,18). The Morgan fingerprint density at radius 1 is 1.25 bits per heavy atom. The second-order valence-electron chi connectivity index (χ2n) is 5.88. The lowest BCUT2D eigenvalue weighted by atomic mass is 9.77. The highest BCUT2D eigenvalue weighted by Crippen LogP contribution is 2.39. The zero-order chi connectivity index (χ0) is 13.6. The van der Waals surface area contributed by atoms with Crippen molar-refractivity contribution in [2.24, 2.45) is 5.41 Å². The summed E-state index contributed by atoms with van der Waals surface area (Å²) in [6.07, 6.45) is 6.28. The van der Waals surface area contributed by atoms with Gasteiger partial charge in [-0.15, -0.1) is 0 Å². The van der Waals surface area contributed by atoms with E-state index >= 15 is 0 Å². The number of aromatic nitrogens is 3. The Labute approximate surface area is 116 Å². The molecule has 2 N–H and O–H groups in total. The van der Waals surface area contributed by atoms with Crippen LogP contribution in [0.3, 0.4) is 0 Å². The molecule has 0 bridgehead atoms. The van der Waals surface area contributed by atoms with Crippen molar-refractivity contribution in [2.45, 2.75) is 19.3 Å². The fourth-order valence-corrected chi connectivity index (χ4v) is 3.41. The van der Waals surface area contributed by atoms with Crippen LogP contribution < -0.4 is 10.2 Å². The molecular formula is C14H17N5O. The molecule has 2 aromatic heterocycles. The van der Waals surface area contributed by atoms with E-state index < -0.39 is 0 Å². The van der Waals surface area contributed by atoms with E-state index in [1.165, 1.54) is 0 Å². The lowest BCUT2D eigenvalue weighted by Gasteiger charge is -2.38. The molecule has 104 valence electrons. The van der Waals surface area contributed by atoms with Gasteiger partial charge in [0.15, 0.2) is 0 Å². The first kappa shape index (κ1) is 11.7. The van der Waals surface area contributed by atoms with Gasteiger partial charge in [-0.1, -0.05) is 0 Å². The number of carbonyl (C=O) groups is 1. The summed E-state index contributed by atoms with van der Waals surface area (Å²) in [4.78, 5) is 25.6. The SMILES string of the molecule is O=C1CC2(CCN(c3ncnc4[nH]ccc34)CC2)CN1. The first-order valence-electron chi connectivity index (χ1n) is 7.06.